The molecule has 0 bridgehead atoms. The Hall–Kier alpha value is -2.63. The number of hydrogen-bond donors (Lipinski definition) is 3. The number of pyridine rings is 1. The van der Waals surface area contributed by atoms with Crippen LogP contribution < -0.4 is 16.4 Å². The predicted octanol–water partition coefficient (Wildman–Crippen LogP) is 1.95. The second-order valence-electron chi connectivity index (χ2n) is 4.61. The Balaban J connectivity index is 1.82. The van der Waals surface area contributed by atoms with Crippen molar-refractivity contribution in [1.82, 2.24) is 10.3 Å². The van der Waals surface area contributed by atoms with E-state index in [9.17, 15) is 9.18 Å². The Kier molecular flexibility index (Phi) is 4.71. The van der Waals surface area contributed by atoms with Gasteiger partial charge >= 0.3 is 0 Å². The van der Waals surface area contributed by atoms with Crippen LogP contribution in [0.5, 0.6) is 0 Å². The van der Waals surface area contributed by atoms with Gasteiger partial charge in [-0.15, -0.1) is 0 Å². The SMILES string of the molecule is Cc1cnc(NCCNC(=O)c2ccccc2F)c(N)c1. The monoisotopic (exact) mass is 288 g/mol. The number of aryl methyl sites for hydroxylation is 1. The van der Waals surface area contributed by atoms with Gasteiger partial charge < -0.3 is 16.4 Å². The minimum Gasteiger partial charge on any atom is -0.396 e. The number of nitrogen functional groups attached to an aromatic ring is 1. The van der Waals surface area contributed by atoms with E-state index in [2.05, 4.69) is 15.6 Å². The highest BCUT2D eigenvalue weighted by molar-refractivity contribution is 5.94. The van der Waals surface area contributed by atoms with Crippen LogP contribution in [0.1, 0.15) is 15.9 Å². The maximum Gasteiger partial charge on any atom is 0.254 e. The Labute approximate surface area is 122 Å². The molecule has 0 spiro atoms. The molecule has 0 saturated carbocycles. The van der Waals surface area contributed by atoms with Crippen molar-refractivity contribution in [3.05, 3.63) is 53.5 Å². The summed E-state index contributed by atoms with van der Waals surface area (Å²) in [5, 5.41) is 5.65. The Bertz CT molecular complexity index is 645. The maximum atomic E-state index is 13.4. The van der Waals surface area contributed by atoms with Gasteiger partial charge in [-0.1, -0.05) is 12.1 Å². The number of rotatable bonds is 5. The molecule has 0 aliphatic heterocycles. The van der Waals surface area contributed by atoms with Crippen molar-refractivity contribution in [2.24, 2.45) is 0 Å². The van der Waals surface area contributed by atoms with E-state index in [-0.39, 0.29) is 5.56 Å². The number of carbonyl (C=O) groups is 1. The molecule has 0 aliphatic carbocycles. The van der Waals surface area contributed by atoms with Crippen molar-refractivity contribution >= 4 is 17.4 Å². The van der Waals surface area contributed by atoms with E-state index < -0.39 is 11.7 Å². The van der Waals surface area contributed by atoms with Crippen LogP contribution in [-0.2, 0) is 0 Å². The molecule has 21 heavy (non-hydrogen) atoms. The average molecular weight is 288 g/mol. The van der Waals surface area contributed by atoms with Crippen molar-refractivity contribution in [2.75, 3.05) is 24.1 Å². The first-order valence-corrected chi connectivity index (χ1v) is 6.56. The van der Waals surface area contributed by atoms with Gasteiger partial charge in [0.1, 0.15) is 11.6 Å². The molecule has 0 fully saturated rings. The fourth-order valence-corrected chi connectivity index (χ4v) is 1.84. The van der Waals surface area contributed by atoms with Crippen LogP contribution >= 0.6 is 0 Å². The minimum absolute atomic E-state index is 0.0328. The quantitative estimate of drug-likeness (QED) is 0.735. The van der Waals surface area contributed by atoms with E-state index in [0.717, 1.165) is 5.56 Å². The molecule has 5 nitrogen and oxygen atoms in total. The van der Waals surface area contributed by atoms with Crippen molar-refractivity contribution in [3.63, 3.8) is 0 Å². The van der Waals surface area contributed by atoms with Gasteiger partial charge in [-0.2, -0.15) is 0 Å². The van der Waals surface area contributed by atoms with Gasteiger partial charge in [0.25, 0.3) is 5.91 Å². The standard InChI is InChI=1S/C15H17FN4O/c1-10-8-13(17)14(20-9-10)18-6-7-19-15(21)11-4-2-3-5-12(11)16/h2-5,8-9H,6-7,17H2,1H3,(H,18,20)(H,19,21). The van der Waals surface area contributed by atoms with E-state index in [1.54, 1.807) is 18.3 Å². The first-order chi connectivity index (χ1) is 10.1. The summed E-state index contributed by atoms with van der Waals surface area (Å²) >= 11 is 0. The minimum atomic E-state index is -0.535. The summed E-state index contributed by atoms with van der Waals surface area (Å²) in [6.45, 7) is 2.68. The van der Waals surface area contributed by atoms with E-state index in [1.807, 2.05) is 13.0 Å². The number of hydrogen-bond acceptors (Lipinski definition) is 4. The molecule has 0 radical (unpaired) electrons. The fraction of sp³-hybridized carbons (Fsp3) is 0.200. The van der Waals surface area contributed by atoms with Gasteiger partial charge in [-0.25, -0.2) is 9.37 Å². The first kappa shape index (κ1) is 14.8. The number of aromatic nitrogens is 1. The highest BCUT2D eigenvalue weighted by atomic mass is 19.1. The number of nitrogens with one attached hydrogen (secondary N) is 2. The Morgan fingerprint density at radius 3 is 2.81 bits per heavy atom. The Morgan fingerprint density at radius 1 is 1.33 bits per heavy atom. The molecule has 0 saturated heterocycles. The molecule has 0 aliphatic rings. The molecular formula is C15H17FN4O. The first-order valence-electron chi connectivity index (χ1n) is 6.56. The summed E-state index contributed by atoms with van der Waals surface area (Å²) in [5.74, 6) is -0.409. The van der Waals surface area contributed by atoms with Crippen LogP contribution in [0.15, 0.2) is 36.5 Å². The van der Waals surface area contributed by atoms with Crippen LogP contribution in [-0.4, -0.2) is 24.0 Å². The maximum absolute atomic E-state index is 13.4. The van der Waals surface area contributed by atoms with Crippen LogP contribution in [0.4, 0.5) is 15.9 Å². The molecule has 1 aromatic carbocycles. The molecular weight excluding hydrogens is 271 g/mol. The lowest BCUT2D eigenvalue weighted by Crippen LogP contribution is -2.29. The van der Waals surface area contributed by atoms with E-state index in [4.69, 9.17) is 5.73 Å². The number of amides is 1. The summed E-state index contributed by atoms with van der Waals surface area (Å²) in [7, 11) is 0. The summed E-state index contributed by atoms with van der Waals surface area (Å²) in [5.41, 5.74) is 7.37. The van der Waals surface area contributed by atoms with E-state index in [0.29, 0.717) is 24.6 Å². The zero-order chi connectivity index (χ0) is 15.2. The second-order valence-corrected chi connectivity index (χ2v) is 4.61. The zero-order valence-corrected chi connectivity index (χ0v) is 11.7. The molecule has 110 valence electrons. The number of nitrogens with zero attached hydrogens (tertiary/aromatic N) is 1. The third-order valence-corrected chi connectivity index (χ3v) is 2.88. The lowest BCUT2D eigenvalue weighted by molar-refractivity contribution is 0.0951. The lowest BCUT2D eigenvalue weighted by atomic mass is 10.2. The van der Waals surface area contributed by atoms with Gasteiger partial charge in [0.05, 0.1) is 11.3 Å². The number of anilines is 2. The average Bonchev–Trinajstić information content (AvgIpc) is 2.45. The van der Waals surface area contributed by atoms with Crippen molar-refractivity contribution in [1.29, 1.82) is 0 Å². The topological polar surface area (TPSA) is 80.0 Å². The summed E-state index contributed by atoms with van der Waals surface area (Å²) in [6.07, 6.45) is 1.70. The van der Waals surface area contributed by atoms with Crippen LogP contribution in [0.25, 0.3) is 0 Å². The van der Waals surface area contributed by atoms with Gasteiger partial charge in [0.15, 0.2) is 0 Å². The highest BCUT2D eigenvalue weighted by Crippen LogP contribution is 2.15. The molecule has 0 atom stereocenters. The van der Waals surface area contributed by atoms with Crippen LogP contribution in [0.3, 0.4) is 0 Å². The number of nitrogens with two attached hydrogens (primary N) is 1. The van der Waals surface area contributed by atoms with E-state index in [1.165, 1.54) is 12.1 Å². The molecule has 4 N–H and O–H groups in total. The smallest absolute Gasteiger partial charge is 0.254 e. The van der Waals surface area contributed by atoms with Gasteiger partial charge in [-0.3, -0.25) is 4.79 Å². The lowest BCUT2D eigenvalue weighted by Gasteiger charge is -2.10. The van der Waals surface area contributed by atoms with Crippen LogP contribution in [0.2, 0.25) is 0 Å². The number of benzene rings is 1. The van der Waals surface area contributed by atoms with Crippen LogP contribution in [0, 0.1) is 12.7 Å². The molecule has 1 heterocycles. The highest BCUT2D eigenvalue weighted by Gasteiger charge is 2.09. The fourth-order valence-electron chi connectivity index (χ4n) is 1.84. The summed E-state index contributed by atoms with van der Waals surface area (Å²) < 4.78 is 13.4. The van der Waals surface area contributed by atoms with Crippen molar-refractivity contribution < 1.29 is 9.18 Å². The zero-order valence-electron chi connectivity index (χ0n) is 11.7. The summed E-state index contributed by atoms with van der Waals surface area (Å²) in [4.78, 5) is 15.9. The molecule has 2 aromatic rings. The largest absolute Gasteiger partial charge is 0.396 e. The van der Waals surface area contributed by atoms with Gasteiger partial charge in [-0.05, 0) is 30.7 Å². The molecule has 1 aromatic heterocycles. The third kappa shape index (κ3) is 3.92. The molecule has 1 amide bonds. The van der Waals surface area contributed by atoms with Gasteiger partial charge in [0, 0.05) is 19.3 Å². The predicted molar refractivity (Wildman–Crippen MR) is 80.6 cm³/mol. The molecule has 6 heteroatoms. The van der Waals surface area contributed by atoms with Crippen molar-refractivity contribution in [3.8, 4) is 0 Å². The Morgan fingerprint density at radius 2 is 2.10 bits per heavy atom. The van der Waals surface area contributed by atoms with Crippen molar-refractivity contribution in [2.45, 2.75) is 6.92 Å². The molecule has 0 unspecified atom stereocenters. The van der Waals surface area contributed by atoms with E-state index >= 15 is 0 Å². The summed E-state index contributed by atoms with van der Waals surface area (Å²) in [6, 6.07) is 7.67. The molecule has 2 rings (SSSR count). The third-order valence-electron chi connectivity index (χ3n) is 2.88. The second kappa shape index (κ2) is 6.69. The normalized spacial score (nSPS) is 10.2. The number of carbonyl (C=O) groups excluding carboxylic acids is 1. The number of halogens is 1. The van der Waals surface area contributed by atoms with Gasteiger partial charge in [0.2, 0.25) is 0 Å².